The average Bonchev–Trinajstić information content (AvgIpc) is 2.16. The standard InChI is InChI=1S/C8H10BClO3/c1-7-2-4-8(5-3-7)6-12-9(11)13-10/h2-5,11H,6H2,1H3. The van der Waals surface area contributed by atoms with E-state index in [2.05, 4.69) is 4.21 Å². The van der Waals surface area contributed by atoms with E-state index in [4.69, 9.17) is 21.5 Å². The van der Waals surface area contributed by atoms with E-state index < -0.39 is 7.32 Å². The lowest BCUT2D eigenvalue weighted by Crippen LogP contribution is -2.17. The Bertz CT molecular complexity index is 252. The van der Waals surface area contributed by atoms with Gasteiger partial charge in [-0.3, -0.25) is 4.21 Å². The van der Waals surface area contributed by atoms with Crippen LogP contribution in [0.5, 0.6) is 0 Å². The second-order valence-corrected chi connectivity index (χ2v) is 2.87. The van der Waals surface area contributed by atoms with Crippen LogP contribution in [0.3, 0.4) is 0 Å². The molecule has 1 N–H and O–H groups in total. The molecule has 0 aliphatic rings. The molecule has 0 heterocycles. The van der Waals surface area contributed by atoms with Gasteiger partial charge in [0, 0.05) is 11.9 Å². The SMILES string of the molecule is Cc1ccc(COB(O)OCl)cc1. The summed E-state index contributed by atoms with van der Waals surface area (Å²) in [4.78, 5) is 0. The second-order valence-electron chi connectivity index (χ2n) is 2.69. The molecule has 0 fully saturated rings. The molecule has 0 spiro atoms. The number of rotatable bonds is 4. The van der Waals surface area contributed by atoms with Gasteiger partial charge in [0.2, 0.25) is 0 Å². The van der Waals surface area contributed by atoms with E-state index >= 15 is 0 Å². The van der Waals surface area contributed by atoms with Gasteiger partial charge < -0.3 is 9.68 Å². The van der Waals surface area contributed by atoms with Crippen LogP contribution in [0.25, 0.3) is 0 Å². The first-order valence-electron chi connectivity index (χ1n) is 3.85. The molecule has 0 atom stereocenters. The Morgan fingerprint density at radius 3 is 2.54 bits per heavy atom. The summed E-state index contributed by atoms with van der Waals surface area (Å²) < 4.78 is 8.82. The van der Waals surface area contributed by atoms with Gasteiger partial charge in [-0.1, -0.05) is 29.8 Å². The zero-order chi connectivity index (χ0) is 9.68. The molecule has 0 radical (unpaired) electrons. The number of hydrogen-bond acceptors (Lipinski definition) is 3. The summed E-state index contributed by atoms with van der Waals surface area (Å²) in [6.07, 6.45) is 0. The van der Waals surface area contributed by atoms with Crippen LogP contribution in [0.4, 0.5) is 0 Å². The summed E-state index contributed by atoms with van der Waals surface area (Å²) in [5.41, 5.74) is 2.14. The quantitative estimate of drug-likeness (QED) is 0.751. The minimum Gasteiger partial charge on any atom is -0.401 e. The molecular weight excluding hydrogens is 190 g/mol. The van der Waals surface area contributed by atoms with E-state index in [1.165, 1.54) is 5.56 Å². The predicted octanol–water partition coefficient (Wildman–Crippen LogP) is 1.66. The fourth-order valence-electron chi connectivity index (χ4n) is 0.878. The lowest BCUT2D eigenvalue weighted by Gasteiger charge is -2.04. The van der Waals surface area contributed by atoms with E-state index in [0.717, 1.165) is 5.56 Å². The minimum absolute atomic E-state index is 0.272. The third-order valence-corrected chi connectivity index (χ3v) is 1.74. The fourth-order valence-corrected chi connectivity index (χ4v) is 0.929. The molecule has 3 nitrogen and oxygen atoms in total. The molecular formula is C8H10BClO3. The molecule has 5 heteroatoms. The predicted molar refractivity (Wildman–Crippen MR) is 50.9 cm³/mol. The molecule has 0 aliphatic heterocycles. The van der Waals surface area contributed by atoms with E-state index in [-0.39, 0.29) is 6.61 Å². The van der Waals surface area contributed by atoms with Gasteiger partial charge in [-0.05, 0) is 12.5 Å². The Balaban J connectivity index is 2.41. The van der Waals surface area contributed by atoms with Crippen molar-refractivity contribution in [1.29, 1.82) is 0 Å². The van der Waals surface area contributed by atoms with Crippen molar-refractivity contribution in [2.45, 2.75) is 13.5 Å². The van der Waals surface area contributed by atoms with Gasteiger partial charge in [0.25, 0.3) is 0 Å². The maximum absolute atomic E-state index is 8.80. The highest BCUT2D eigenvalue weighted by molar-refractivity contribution is 6.41. The molecule has 1 aromatic carbocycles. The molecule has 1 aromatic rings. The Kier molecular flexibility index (Phi) is 4.25. The number of hydrogen-bond donors (Lipinski definition) is 1. The lowest BCUT2D eigenvalue weighted by atomic mass is 10.1. The second kappa shape index (κ2) is 5.24. The molecule has 0 unspecified atom stereocenters. The molecule has 70 valence electrons. The van der Waals surface area contributed by atoms with Gasteiger partial charge in [-0.15, -0.1) is 0 Å². The Morgan fingerprint density at radius 2 is 2.00 bits per heavy atom. The Morgan fingerprint density at radius 1 is 1.38 bits per heavy atom. The summed E-state index contributed by atoms with van der Waals surface area (Å²) in [5, 5.41) is 8.80. The average molecular weight is 200 g/mol. The smallest absolute Gasteiger partial charge is 0.401 e. The highest BCUT2D eigenvalue weighted by Gasteiger charge is 2.14. The third kappa shape index (κ3) is 3.78. The van der Waals surface area contributed by atoms with Crippen LogP contribution >= 0.6 is 11.9 Å². The summed E-state index contributed by atoms with van der Waals surface area (Å²) in [7, 11) is -1.37. The first-order valence-corrected chi connectivity index (χ1v) is 4.16. The fraction of sp³-hybridized carbons (Fsp3) is 0.250. The van der Waals surface area contributed by atoms with Crippen molar-refractivity contribution in [1.82, 2.24) is 0 Å². The number of halogens is 1. The largest absolute Gasteiger partial charge is 0.653 e. The van der Waals surface area contributed by atoms with Crippen LogP contribution in [0.15, 0.2) is 24.3 Å². The zero-order valence-electron chi connectivity index (χ0n) is 7.24. The van der Waals surface area contributed by atoms with E-state index in [0.29, 0.717) is 0 Å². The van der Waals surface area contributed by atoms with E-state index in [9.17, 15) is 0 Å². The molecule has 13 heavy (non-hydrogen) atoms. The van der Waals surface area contributed by atoms with Crippen molar-refractivity contribution in [3.05, 3.63) is 35.4 Å². The van der Waals surface area contributed by atoms with Crippen LogP contribution in [-0.4, -0.2) is 12.3 Å². The van der Waals surface area contributed by atoms with Crippen molar-refractivity contribution >= 4 is 19.2 Å². The van der Waals surface area contributed by atoms with Crippen molar-refractivity contribution in [3.8, 4) is 0 Å². The molecule has 1 rings (SSSR count). The summed E-state index contributed by atoms with van der Waals surface area (Å²) in [6.45, 7) is 2.27. The van der Waals surface area contributed by atoms with E-state index in [1.54, 1.807) is 0 Å². The van der Waals surface area contributed by atoms with Gasteiger partial charge in [0.05, 0.1) is 6.61 Å². The van der Waals surface area contributed by atoms with Crippen LogP contribution in [-0.2, 0) is 15.5 Å². The summed E-state index contributed by atoms with van der Waals surface area (Å²) in [6, 6.07) is 7.76. The molecule has 0 saturated carbocycles. The van der Waals surface area contributed by atoms with Crippen molar-refractivity contribution in [2.24, 2.45) is 0 Å². The van der Waals surface area contributed by atoms with Gasteiger partial charge in [0.1, 0.15) is 0 Å². The highest BCUT2D eigenvalue weighted by Crippen LogP contribution is 2.05. The monoisotopic (exact) mass is 200 g/mol. The molecule has 0 aliphatic carbocycles. The van der Waals surface area contributed by atoms with Crippen molar-refractivity contribution in [2.75, 3.05) is 0 Å². The van der Waals surface area contributed by atoms with E-state index in [1.807, 2.05) is 31.2 Å². The Labute approximate surface area is 82.6 Å². The topological polar surface area (TPSA) is 38.7 Å². The first kappa shape index (κ1) is 10.5. The van der Waals surface area contributed by atoms with Crippen molar-refractivity contribution < 1.29 is 13.9 Å². The maximum Gasteiger partial charge on any atom is 0.653 e. The van der Waals surface area contributed by atoms with Crippen LogP contribution in [0, 0.1) is 6.92 Å². The molecule has 0 saturated heterocycles. The number of aryl methyl sites for hydroxylation is 1. The van der Waals surface area contributed by atoms with Gasteiger partial charge >= 0.3 is 7.32 Å². The van der Waals surface area contributed by atoms with Crippen LogP contribution in [0.2, 0.25) is 0 Å². The van der Waals surface area contributed by atoms with Crippen LogP contribution in [0.1, 0.15) is 11.1 Å². The third-order valence-electron chi connectivity index (χ3n) is 1.59. The molecule has 0 aromatic heterocycles. The highest BCUT2D eigenvalue weighted by atomic mass is 35.5. The van der Waals surface area contributed by atoms with Gasteiger partial charge in [-0.25, -0.2) is 0 Å². The summed E-state index contributed by atoms with van der Waals surface area (Å²) in [5.74, 6) is 0. The zero-order valence-corrected chi connectivity index (χ0v) is 7.99. The summed E-state index contributed by atoms with van der Waals surface area (Å²) >= 11 is 4.87. The lowest BCUT2D eigenvalue weighted by molar-refractivity contribution is 0.189. The van der Waals surface area contributed by atoms with Gasteiger partial charge in [0.15, 0.2) is 0 Å². The van der Waals surface area contributed by atoms with Gasteiger partial charge in [-0.2, -0.15) is 0 Å². The minimum atomic E-state index is -1.37. The first-order chi connectivity index (χ1) is 6.22. The molecule has 0 amide bonds. The number of benzene rings is 1. The maximum atomic E-state index is 8.80. The van der Waals surface area contributed by atoms with Crippen molar-refractivity contribution in [3.63, 3.8) is 0 Å². The van der Waals surface area contributed by atoms with Crippen LogP contribution < -0.4 is 0 Å². The molecule has 0 bridgehead atoms. The Hall–Kier alpha value is -0.545. The normalized spacial score (nSPS) is 10.1.